The first-order valence-electron chi connectivity index (χ1n) is 7.00. The highest BCUT2D eigenvalue weighted by Gasteiger charge is 2.52. The van der Waals surface area contributed by atoms with E-state index in [0.29, 0.717) is 0 Å². The van der Waals surface area contributed by atoms with Gasteiger partial charge >= 0.3 is 0 Å². The van der Waals surface area contributed by atoms with Gasteiger partial charge in [0.2, 0.25) is 11.8 Å². The van der Waals surface area contributed by atoms with Crippen molar-refractivity contribution in [3.8, 4) is 0 Å². The average Bonchev–Trinajstić information content (AvgIpc) is 2.73. The zero-order valence-corrected chi connectivity index (χ0v) is 11.3. The molecule has 3 N–H and O–H groups in total. The second-order valence-corrected chi connectivity index (χ2v) is 5.58. The SMILES string of the molecule is NC(=O)CC1(C2C=CCCC2)C(=O)Nc2ccccc21. The van der Waals surface area contributed by atoms with Crippen LogP contribution in [0.2, 0.25) is 0 Å². The van der Waals surface area contributed by atoms with Crippen LogP contribution in [-0.2, 0) is 15.0 Å². The topological polar surface area (TPSA) is 72.2 Å². The minimum atomic E-state index is -0.834. The molecule has 0 radical (unpaired) electrons. The van der Waals surface area contributed by atoms with E-state index in [1.54, 1.807) is 0 Å². The van der Waals surface area contributed by atoms with Crippen molar-refractivity contribution in [1.29, 1.82) is 0 Å². The number of fused-ring (bicyclic) bond motifs is 1. The van der Waals surface area contributed by atoms with Gasteiger partial charge in [-0.1, -0.05) is 30.4 Å². The first-order valence-corrected chi connectivity index (χ1v) is 7.00. The molecular formula is C16H18N2O2. The maximum atomic E-state index is 12.6. The summed E-state index contributed by atoms with van der Waals surface area (Å²) in [5, 5.41) is 2.91. The molecule has 1 aliphatic heterocycles. The number of amides is 2. The molecule has 1 heterocycles. The average molecular weight is 270 g/mol. The van der Waals surface area contributed by atoms with E-state index < -0.39 is 11.3 Å². The Hall–Kier alpha value is -2.10. The summed E-state index contributed by atoms with van der Waals surface area (Å²) in [4.78, 5) is 24.2. The molecular weight excluding hydrogens is 252 g/mol. The summed E-state index contributed by atoms with van der Waals surface area (Å²) in [6, 6.07) is 7.60. The molecule has 1 aromatic rings. The van der Waals surface area contributed by atoms with E-state index in [0.717, 1.165) is 30.5 Å². The van der Waals surface area contributed by atoms with Crippen LogP contribution in [0.25, 0.3) is 0 Å². The quantitative estimate of drug-likeness (QED) is 0.826. The minimum absolute atomic E-state index is 0.0346. The number of carbonyl (C=O) groups excluding carboxylic acids is 2. The van der Waals surface area contributed by atoms with Crippen molar-refractivity contribution in [2.75, 3.05) is 5.32 Å². The number of hydrogen-bond acceptors (Lipinski definition) is 2. The van der Waals surface area contributed by atoms with Gasteiger partial charge in [0, 0.05) is 12.1 Å². The second-order valence-electron chi connectivity index (χ2n) is 5.58. The van der Waals surface area contributed by atoms with Crippen molar-refractivity contribution < 1.29 is 9.59 Å². The van der Waals surface area contributed by atoms with Gasteiger partial charge in [-0.05, 0) is 36.8 Å². The van der Waals surface area contributed by atoms with Gasteiger partial charge in [-0.25, -0.2) is 0 Å². The largest absolute Gasteiger partial charge is 0.370 e. The summed E-state index contributed by atoms with van der Waals surface area (Å²) >= 11 is 0. The molecule has 2 unspecified atom stereocenters. The molecule has 2 atom stereocenters. The fourth-order valence-corrected chi connectivity index (χ4v) is 3.51. The maximum Gasteiger partial charge on any atom is 0.236 e. The molecule has 4 heteroatoms. The normalized spacial score (nSPS) is 28.0. The lowest BCUT2D eigenvalue weighted by Crippen LogP contribution is -2.44. The number of anilines is 1. The Kier molecular flexibility index (Phi) is 3.08. The van der Waals surface area contributed by atoms with Gasteiger partial charge < -0.3 is 11.1 Å². The minimum Gasteiger partial charge on any atom is -0.370 e. The fraction of sp³-hybridized carbons (Fsp3) is 0.375. The summed E-state index contributed by atoms with van der Waals surface area (Å²) < 4.78 is 0. The van der Waals surface area contributed by atoms with Crippen LogP contribution in [0.1, 0.15) is 31.2 Å². The molecule has 0 spiro atoms. The molecule has 0 fully saturated rings. The van der Waals surface area contributed by atoms with E-state index in [9.17, 15) is 9.59 Å². The lowest BCUT2D eigenvalue weighted by Gasteiger charge is -2.35. The van der Waals surface area contributed by atoms with Gasteiger partial charge in [0.05, 0.1) is 5.41 Å². The summed E-state index contributed by atoms with van der Waals surface area (Å²) in [6.45, 7) is 0. The monoisotopic (exact) mass is 270 g/mol. The summed E-state index contributed by atoms with van der Waals surface area (Å²) in [5.41, 5.74) is 6.31. The van der Waals surface area contributed by atoms with Gasteiger partial charge in [0.1, 0.15) is 0 Å². The first kappa shape index (κ1) is 12.9. The number of para-hydroxylation sites is 1. The van der Waals surface area contributed by atoms with E-state index in [1.165, 1.54) is 0 Å². The Balaban J connectivity index is 2.15. The van der Waals surface area contributed by atoms with Gasteiger partial charge in [-0.2, -0.15) is 0 Å². The van der Waals surface area contributed by atoms with Gasteiger partial charge in [-0.3, -0.25) is 9.59 Å². The maximum absolute atomic E-state index is 12.6. The molecule has 1 aromatic carbocycles. The summed E-state index contributed by atoms with van der Waals surface area (Å²) in [5.74, 6) is -0.503. The number of benzene rings is 1. The molecule has 0 aromatic heterocycles. The van der Waals surface area contributed by atoms with Crippen LogP contribution in [0.4, 0.5) is 5.69 Å². The van der Waals surface area contributed by atoms with Crippen molar-refractivity contribution in [2.45, 2.75) is 31.1 Å². The molecule has 2 amide bonds. The number of allylic oxidation sites excluding steroid dienone is 2. The predicted octanol–water partition coefficient (Wildman–Crippen LogP) is 2.11. The van der Waals surface area contributed by atoms with E-state index in [1.807, 2.05) is 24.3 Å². The molecule has 20 heavy (non-hydrogen) atoms. The Morgan fingerprint density at radius 3 is 2.90 bits per heavy atom. The van der Waals surface area contributed by atoms with Crippen molar-refractivity contribution >= 4 is 17.5 Å². The number of nitrogens with two attached hydrogens (primary N) is 1. The highest BCUT2D eigenvalue weighted by molar-refractivity contribution is 6.08. The van der Waals surface area contributed by atoms with E-state index in [-0.39, 0.29) is 18.2 Å². The molecule has 104 valence electrons. The van der Waals surface area contributed by atoms with Gasteiger partial charge in [-0.15, -0.1) is 0 Å². The van der Waals surface area contributed by atoms with Gasteiger partial charge in [0.25, 0.3) is 0 Å². The van der Waals surface area contributed by atoms with Crippen molar-refractivity contribution in [3.05, 3.63) is 42.0 Å². The molecule has 0 saturated heterocycles. The first-order chi connectivity index (χ1) is 9.64. The van der Waals surface area contributed by atoms with E-state index in [4.69, 9.17) is 5.73 Å². The Morgan fingerprint density at radius 1 is 1.40 bits per heavy atom. The standard InChI is InChI=1S/C16H18N2O2/c17-14(19)10-16(11-6-2-1-3-7-11)12-8-4-5-9-13(12)18-15(16)20/h2,4-6,8-9,11H,1,3,7,10H2,(H2,17,19)(H,18,20). The third-order valence-electron chi connectivity index (χ3n) is 4.40. The number of primary amides is 1. The van der Waals surface area contributed by atoms with Crippen LogP contribution in [0.5, 0.6) is 0 Å². The summed E-state index contributed by atoms with van der Waals surface area (Å²) in [6.07, 6.45) is 7.22. The molecule has 0 saturated carbocycles. The van der Waals surface area contributed by atoms with Crippen LogP contribution < -0.4 is 11.1 Å². The van der Waals surface area contributed by atoms with E-state index in [2.05, 4.69) is 17.5 Å². The molecule has 4 nitrogen and oxygen atoms in total. The number of rotatable bonds is 3. The van der Waals surface area contributed by atoms with Gasteiger partial charge in [0.15, 0.2) is 0 Å². The lowest BCUT2D eigenvalue weighted by atomic mass is 9.65. The second kappa shape index (κ2) is 4.78. The Bertz CT molecular complexity index is 594. The van der Waals surface area contributed by atoms with Crippen molar-refractivity contribution in [3.63, 3.8) is 0 Å². The smallest absolute Gasteiger partial charge is 0.236 e. The zero-order valence-electron chi connectivity index (χ0n) is 11.3. The predicted molar refractivity (Wildman–Crippen MR) is 77.0 cm³/mol. The fourth-order valence-electron chi connectivity index (χ4n) is 3.51. The zero-order chi connectivity index (χ0) is 14.2. The summed E-state index contributed by atoms with van der Waals surface area (Å²) in [7, 11) is 0. The number of carbonyl (C=O) groups is 2. The van der Waals surface area contributed by atoms with Crippen LogP contribution in [0.3, 0.4) is 0 Å². The molecule has 3 rings (SSSR count). The lowest BCUT2D eigenvalue weighted by molar-refractivity contribution is -0.128. The molecule has 2 aliphatic rings. The van der Waals surface area contributed by atoms with Crippen LogP contribution in [0.15, 0.2) is 36.4 Å². The Morgan fingerprint density at radius 2 is 2.20 bits per heavy atom. The number of hydrogen-bond donors (Lipinski definition) is 2. The Labute approximate surface area is 118 Å². The van der Waals surface area contributed by atoms with Crippen LogP contribution in [0, 0.1) is 5.92 Å². The van der Waals surface area contributed by atoms with Crippen LogP contribution in [-0.4, -0.2) is 11.8 Å². The van der Waals surface area contributed by atoms with E-state index >= 15 is 0 Å². The van der Waals surface area contributed by atoms with Crippen molar-refractivity contribution in [2.24, 2.45) is 11.7 Å². The molecule has 1 aliphatic carbocycles. The third kappa shape index (κ3) is 1.83. The highest BCUT2D eigenvalue weighted by Crippen LogP contribution is 2.48. The third-order valence-corrected chi connectivity index (χ3v) is 4.40. The van der Waals surface area contributed by atoms with Crippen molar-refractivity contribution in [1.82, 2.24) is 0 Å². The van der Waals surface area contributed by atoms with Crippen LogP contribution >= 0.6 is 0 Å². The molecule has 0 bridgehead atoms. The number of nitrogens with one attached hydrogen (secondary N) is 1. The highest BCUT2D eigenvalue weighted by atomic mass is 16.2.